The Labute approximate surface area is 195 Å². The summed E-state index contributed by atoms with van der Waals surface area (Å²) in [5.74, 6) is 0. The van der Waals surface area contributed by atoms with Crippen LogP contribution in [0.1, 0.15) is 18.1 Å². The molecule has 0 bridgehead atoms. The molecule has 7 nitrogen and oxygen atoms in total. The highest BCUT2D eigenvalue weighted by Crippen LogP contribution is 2.46. The number of aromatic nitrogens is 6. The van der Waals surface area contributed by atoms with Crippen molar-refractivity contribution in [2.24, 2.45) is 0 Å². The third-order valence-corrected chi connectivity index (χ3v) is 6.60. The van der Waals surface area contributed by atoms with Crippen molar-refractivity contribution >= 4 is 22.1 Å². The van der Waals surface area contributed by atoms with Crippen molar-refractivity contribution in [3.8, 4) is 0 Å². The van der Waals surface area contributed by atoms with Gasteiger partial charge in [-0.15, -0.1) is 10.2 Å². The molecule has 6 rings (SSSR count). The van der Waals surface area contributed by atoms with E-state index >= 15 is 0 Å². The summed E-state index contributed by atoms with van der Waals surface area (Å²) in [5.41, 5.74) is 1.50. The molecule has 1 N–H and O–H groups in total. The van der Waals surface area contributed by atoms with Crippen LogP contribution in [0.4, 0.5) is 0 Å². The summed E-state index contributed by atoms with van der Waals surface area (Å²) in [6.45, 7) is 1.93. The SMILES string of the molecule is CC(n1nnc2ccccc21)(n1nnc2ccccc21)C(O)(c1ccccc1)c1ccccc1. The van der Waals surface area contributed by atoms with Crippen LogP contribution < -0.4 is 0 Å². The normalized spacial score (nSPS) is 12.4. The standard InChI is InChI=1S/C27H22N6O/c1-26(32-24-18-10-8-16-22(24)28-30-32,33-25-19-11-9-17-23(25)29-31-33)27(34,20-12-4-2-5-13-20)21-14-6-3-7-15-21/h2-19,34H,1H3. The average Bonchev–Trinajstić information content (AvgIpc) is 3.54. The zero-order valence-electron chi connectivity index (χ0n) is 18.5. The van der Waals surface area contributed by atoms with Crippen LogP contribution in [0.25, 0.3) is 22.1 Å². The van der Waals surface area contributed by atoms with Crippen LogP contribution in [0, 0.1) is 0 Å². The Morgan fingerprint density at radius 1 is 0.559 bits per heavy atom. The fourth-order valence-corrected chi connectivity index (χ4v) is 4.85. The number of hydrogen-bond donors (Lipinski definition) is 1. The van der Waals surface area contributed by atoms with Gasteiger partial charge in [0.15, 0.2) is 11.3 Å². The monoisotopic (exact) mass is 446 g/mol. The van der Waals surface area contributed by atoms with Crippen LogP contribution in [0.5, 0.6) is 0 Å². The van der Waals surface area contributed by atoms with Crippen LogP contribution in [-0.2, 0) is 11.3 Å². The lowest BCUT2D eigenvalue weighted by Gasteiger charge is -2.45. The Bertz CT molecular complexity index is 1480. The minimum absolute atomic E-state index is 0.697. The van der Waals surface area contributed by atoms with Gasteiger partial charge in [0.2, 0.25) is 0 Å². The van der Waals surface area contributed by atoms with Crippen molar-refractivity contribution in [3.05, 3.63) is 120 Å². The van der Waals surface area contributed by atoms with E-state index in [1.165, 1.54) is 0 Å². The van der Waals surface area contributed by atoms with Gasteiger partial charge in [-0.25, -0.2) is 9.36 Å². The van der Waals surface area contributed by atoms with E-state index in [1.807, 2.05) is 116 Å². The lowest BCUT2D eigenvalue weighted by molar-refractivity contribution is -0.0661. The molecule has 166 valence electrons. The first-order chi connectivity index (χ1) is 16.6. The topological polar surface area (TPSA) is 81.7 Å². The molecule has 0 aliphatic rings. The number of nitrogens with zero attached hydrogens (tertiary/aromatic N) is 6. The second-order valence-corrected chi connectivity index (χ2v) is 8.44. The molecule has 0 saturated heterocycles. The van der Waals surface area contributed by atoms with E-state index in [9.17, 15) is 5.11 Å². The smallest absolute Gasteiger partial charge is 0.192 e. The summed E-state index contributed by atoms with van der Waals surface area (Å²) in [7, 11) is 0. The van der Waals surface area contributed by atoms with Crippen LogP contribution >= 0.6 is 0 Å². The molecule has 4 aromatic carbocycles. The molecule has 2 aromatic heterocycles. The molecule has 0 amide bonds. The Kier molecular flexibility index (Phi) is 4.53. The Morgan fingerprint density at radius 2 is 0.941 bits per heavy atom. The van der Waals surface area contributed by atoms with E-state index in [0.29, 0.717) is 11.1 Å². The number of para-hydroxylation sites is 2. The second kappa shape index (κ2) is 7.60. The molecule has 0 aliphatic heterocycles. The van der Waals surface area contributed by atoms with Gasteiger partial charge < -0.3 is 5.11 Å². The largest absolute Gasteiger partial charge is 0.376 e. The minimum atomic E-state index is -1.59. The molecule has 0 spiro atoms. The van der Waals surface area contributed by atoms with Gasteiger partial charge in [-0.05, 0) is 42.3 Å². The maximum absolute atomic E-state index is 13.0. The summed E-state index contributed by atoms with van der Waals surface area (Å²) >= 11 is 0. The maximum atomic E-state index is 13.0. The van der Waals surface area contributed by atoms with Crippen molar-refractivity contribution < 1.29 is 5.11 Å². The molecule has 0 fully saturated rings. The summed E-state index contributed by atoms with van der Waals surface area (Å²) in [6.07, 6.45) is 0. The number of benzene rings is 4. The first-order valence-corrected chi connectivity index (χ1v) is 11.1. The first-order valence-electron chi connectivity index (χ1n) is 11.1. The molecule has 6 aromatic rings. The van der Waals surface area contributed by atoms with Gasteiger partial charge >= 0.3 is 0 Å². The number of fused-ring (bicyclic) bond motifs is 2. The molecular formula is C27H22N6O. The van der Waals surface area contributed by atoms with Gasteiger partial charge in [-0.3, -0.25) is 0 Å². The van der Waals surface area contributed by atoms with Gasteiger partial charge in [-0.2, -0.15) is 0 Å². The van der Waals surface area contributed by atoms with Crippen LogP contribution in [-0.4, -0.2) is 35.1 Å². The van der Waals surface area contributed by atoms with Crippen molar-refractivity contribution in [1.29, 1.82) is 0 Å². The molecule has 0 aliphatic carbocycles. The average molecular weight is 447 g/mol. The predicted octanol–water partition coefficient (Wildman–Crippen LogP) is 4.33. The fourth-order valence-electron chi connectivity index (χ4n) is 4.85. The van der Waals surface area contributed by atoms with Gasteiger partial charge in [0.05, 0.1) is 11.0 Å². The Hall–Kier alpha value is -4.36. The maximum Gasteiger partial charge on any atom is 0.192 e. The Morgan fingerprint density at radius 3 is 1.38 bits per heavy atom. The van der Waals surface area contributed by atoms with Crippen molar-refractivity contribution in [2.45, 2.75) is 18.2 Å². The summed E-state index contributed by atoms with van der Waals surface area (Å²) in [5, 5.41) is 30.9. The molecule has 0 atom stereocenters. The van der Waals surface area contributed by atoms with E-state index in [2.05, 4.69) is 20.6 Å². The minimum Gasteiger partial charge on any atom is -0.376 e. The van der Waals surface area contributed by atoms with Gasteiger partial charge in [0, 0.05) is 0 Å². The highest BCUT2D eigenvalue weighted by Gasteiger charge is 2.55. The number of aliphatic hydroxyl groups is 1. The highest BCUT2D eigenvalue weighted by molar-refractivity contribution is 5.76. The molecule has 7 heteroatoms. The molecule has 34 heavy (non-hydrogen) atoms. The van der Waals surface area contributed by atoms with Crippen LogP contribution in [0.3, 0.4) is 0 Å². The highest BCUT2D eigenvalue weighted by atomic mass is 16.3. The molecule has 0 saturated carbocycles. The molecule has 0 unspecified atom stereocenters. The van der Waals surface area contributed by atoms with Gasteiger partial charge in [0.1, 0.15) is 11.0 Å². The molecule has 0 radical (unpaired) electrons. The van der Waals surface area contributed by atoms with Crippen LogP contribution in [0.2, 0.25) is 0 Å². The molecular weight excluding hydrogens is 424 g/mol. The Balaban J connectivity index is 1.78. The van der Waals surface area contributed by atoms with Crippen molar-refractivity contribution in [1.82, 2.24) is 30.0 Å². The van der Waals surface area contributed by atoms with Crippen molar-refractivity contribution in [2.75, 3.05) is 0 Å². The second-order valence-electron chi connectivity index (χ2n) is 8.44. The van der Waals surface area contributed by atoms with Crippen LogP contribution in [0.15, 0.2) is 109 Å². The van der Waals surface area contributed by atoms with E-state index in [1.54, 1.807) is 9.36 Å². The number of hydrogen-bond acceptors (Lipinski definition) is 5. The molecule has 2 heterocycles. The van der Waals surface area contributed by atoms with E-state index in [0.717, 1.165) is 22.1 Å². The van der Waals surface area contributed by atoms with Gasteiger partial charge in [-0.1, -0.05) is 95.4 Å². The van der Waals surface area contributed by atoms with Crippen molar-refractivity contribution in [3.63, 3.8) is 0 Å². The van der Waals surface area contributed by atoms with E-state index < -0.39 is 11.3 Å². The lowest BCUT2D eigenvalue weighted by atomic mass is 9.76. The van der Waals surface area contributed by atoms with E-state index in [4.69, 9.17) is 0 Å². The fraction of sp³-hybridized carbons (Fsp3) is 0.111. The van der Waals surface area contributed by atoms with Gasteiger partial charge in [0.25, 0.3) is 0 Å². The number of rotatable bonds is 5. The third-order valence-electron chi connectivity index (χ3n) is 6.60. The van der Waals surface area contributed by atoms with E-state index in [-0.39, 0.29) is 0 Å². The third kappa shape index (κ3) is 2.74. The quantitative estimate of drug-likeness (QED) is 0.426. The lowest BCUT2D eigenvalue weighted by Crippen LogP contribution is -2.57. The first kappa shape index (κ1) is 20.3. The zero-order chi connectivity index (χ0) is 23.2. The predicted molar refractivity (Wildman–Crippen MR) is 130 cm³/mol. The summed E-state index contributed by atoms with van der Waals surface area (Å²) in [6, 6.07) is 34.6. The summed E-state index contributed by atoms with van der Waals surface area (Å²) in [4.78, 5) is 0. The zero-order valence-corrected chi connectivity index (χ0v) is 18.5. The summed E-state index contributed by atoms with van der Waals surface area (Å²) < 4.78 is 3.51.